The molecule has 37 heavy (non-hydrogen) atoms. The first-order chi connectivity index (χ1) is 17.3. The van der Waals surface area contributed by atoms with Crippen molar-refractivity contribution >= 4 is 35.6 Å². The Morgan fingerprint density at radius 1 is 0.811 bits per heavy atom. The minimum Gasteiger partial charge on any atom is -0.480 e. The summed E-state index contributed by atoms with van der Waals surface area (Å²) in [6.45, 7) is 4.04. The van der Waals surface area contributed by atoms with E-state index in [9.17, 15) is 29.1 Å². The number of aliphatic imine (C=N–C) groups is 1. The molecule has 0 saturated heterocycles. The molecule has 0 aliphatic carbocycles. The quantitative estimate of drug-likeness (QED) is 0.0463. The third kappa shape index (κ3) is 14.6. The summed E-state index contributed by atoms with van der Waals surface area (Å²) in [5.41, 5.74) is 27.0. The first-order valence-electron chi connectivity index (χ1n) is 12.2. The zero-order valence-electron chi connectivity index (χ0n) is 21.6. The van der Waals surface area contributed by atoms with Crippen LogP contribution in [0.3, 0.4) is 0 Å². The molecule has 14 N–H and O–H groups in total. The van der Waals surface area contributed by atoms with Crippen molar-refractivity contribution in [2.75, 3.05) is 13.1 Å². The van der Waals surface area contributed by atoms with Crippen molar-refractivity contribution in [1.82, 2.24) is 16.0 Å². The predicted octanol–water partition coefficient (Wildman–Crippen LogP) is -3.04. The van der Waals surface area contributed by atoms with Gasteiger partial charge < -0.3 is 49.7 Å². The van der Waals surface area contributed by atoms with Gasteiger partial charge >= 0.3 is 5.97 Å². The average Bonchev–Trinajstić information content (AvgIpc) is 2.80. The van der Waals surface area contributed by atoms with Gasteiger partial charge in [-0.3, -0.25) is 24.2 Å². The van der Waals surface area contributed by atoms with Gasteiger partial charge in [0.05, 0.1) is 6.04 Å². The number of unbranched alkanes of at least 4 members (excludes halogenated alkanes) is 1. The van der Waals surface area contributed by atoms with Crippen molar-refractivity contribution in [3.05, 3.63) is 0 Å². The van der Waals surface area contributed by atoms with Crippen molar-refractivity contribution in [3.8, 4) is 0 Å². The Balaban J connectivity index is 5.37. The van der Waals surface area contributed by atoms with Gasteiger partial charge in [0.15, 0.2) is 5.96 Å². The molecule has 0 aliphatic heterocycles. The highest BCUT2D eigenvalue weighted by atomic mass is 16.4. The van der Waals surface area contributed by atoms with E-state index in [4.69, 9.17) is 28.7 Å². The minimum absolute atomic E-state index is 0.0743. The molecular weight excluding hydrogens is 486 g/mol. The summed E-state index contributed by atoms with van der Waals surface area (Å²) in [5, 5.41) is 16.9. The number of hydrogen-bond donors (Lipinski definition) is 9. The molecule has 15 nitrogen and oxygen atoms in total. The van der Waals surface area contributed by atoms with Gasteiger partial charge in [-0.15, -0.1) is 0 Å². The number of guanidine groups is 1. The van der Waals surface area contributed by atoms with Crippen molar-refractivity contribution in [1.29, 1.82) is 0 Å². The Labute approximate surface area is 216 Å². The maximum Gasteiger partial charge on any atom is 0.326 e. The van der Waals surface area contributed by atoms with Crippen LogP contribution in [0.15, 0.2) is 4.99 Å². The van der Waals surface area contributed by atoms with E-state index in [-0.39, 0.29) is 44.1 Å². The van der Waals surface area contributed by atoms with E-state index < -0.39 is 53.8 Å². The van der Waals surface area contributed by atoms with Crippen LogP contribution < -0.4 is 44.6 Å². The van der Waals surface area contributed by atoms with E-state index in [1.807, 2.05) is 0 Å². The molecule has 0 bridgehead atoms. The number of carbonyl (C=O) groups excluding carboxylic acids is 4. The van der Waals surface area contributed by atoms with Crippen LogP contribution in [0.4, 0.5) is 0 Å². The molecule has 0 radical (unpaired) electrons. The molecule has 212 valence electrons. The van der Waals surface area contributed by atoms with E-state index in [1.54, 1.807) is 13.8 Å². The lowest BCUT2D eigenvalue weighted by Crippen LogP contribution is -2.58. The number of nitrogens with two attached hydrogens (primary N) is 5. The Bertz CT molecular complexity index is 802. The van der Waals surface area contributed by atoms with Crippen molar-refractivity contribution < 1.29 is 29.1 Å². The Morgan fingerprint density at radius 3 is 1.95 bits per heavy atom. The number of amides is 4. The highest BCUT2D eigenvalue weighted by Gasteiger charge is 2.31. The van der Waals surface area contributed by atoms with E-state index >= 15 is 0 Å². The number of hydrogen-bond acceptors (Lipinski definition) is 8. The molecule has 0 aromatic rings. The summed E-state index contributed by atoms with van der Waals surface area (Å²) >= 11 is 0. The summed E-state index contributed by atoms with van der Waals surface area (Å²) in [6, 6.07) is -4.45. The summed E-state index contributed by atoms with van der Waals surface area (Å²) in [6.07, 6.45) is 1.50. The molecule has 0 saturated carbocycles. The number of carboxylic acids is 1. The lowest BCUT2D eigenvalue weighted by atomic mass is 10.0. The number of rotatable bonds is 19. The highest BCUT2D eigenvalue weighted by molar-refractivity contribution is 5.94. The number of nitrogens with one attached hydrogen (secondary N) is 3. The van der Waals surface area contributed by atoms with Crippen LogP contribution in [0.1, 0.15) is 58.8 Å². The minimum atomic E-state index is -1.26. The maximum absolute atomic E-state index is 13.0. The molecule has 0 rings (SSSR count). The van der Waals surface area contributed by atoms with E-state index in [0.717, 1.165) is 0 Å². The van der Waals surface area contributed by atoms with Gasteiger partial charge in [-0.2, -0.15) is 0 Å². The van der Waals surface area contributed by atoms with E-state index in [2.05, 4.69) is 20.9 Å². The number of carbonyl (C=O) groups is 5. The monoisotopic (exact) mass is 529 g/mol. The molecular formula is C22H43N9O6. The number of primary amides is 1. The molecule has 4 atom stereocenters. The van der Waals surface area contributed by atoms with Gasteiger partial charge in [0, 0.05) is 13.0 Å². The fourth-order valence-corrected chi connectivity index (χ4v) is 3.29. The summed E-state index contributed by atoms with van der Waals surface area (Å²) < 4.78 is 0. The van der Waals surface area contributed by atoms with Crippen LogP contribution in [0.25, 0.3) is 0 Å². The fourth-order valence-electron chi connectivity index (χ4n) is 3.29. The summed E-state index contributed by atoms with van der Waals surface area (Å²) in [5.74, 6) is -4.48. The Kier molecular flexibility index (Phi) is 16.2. The van der Waals surface area contributed by atoms with Gasteiger partial charge in [-0.25, -0.2) is 4.79 Å². The molecule has 0 aliphatic rings. The second kappa shape index (κ2) is 17.9. The third-order valence-electron chi connectivity index (χ3n) is 5.43. The molecule has 0 spiro atoms. The Hall–Kier alpha value is -3.46. The number of nitrogens with zero attached hydrogens (tertiary/aromatic N) is 1. The van der Waals surface area contributed by atoms with E-state index in [0.29, 0.717) is 25.8 Å². The summed E-state index contributed by atoms with van der Waals surface area (Å²) in [7, 11) is 0. The van der Waals surface area contributed by atoms with Crippen LogP contribution in [-0.2, 0) is 24.0 Å². The second-order valence-corrected chi connectivity index (χ2v) is 9.04. The lowest BCUT2D eigenvalue weighted by Gasteiger charge is -2.27. The zero-order chi connectivity index (χ0) is 28.5. The van der Waals surface area contributed by atoms with Crippen molar-refractivity contribution in [3.63, 3.8) is 0 Å². The molecule has 0 fully saturated rings. The number of aliphatic carboxylic acids is 1. The molecule has 0 heterocycles. The highest BCUT2D eigenvalue weighted by Crippen LogP contribution is 2.08. The topological polar surface area (TPSA) is 284 Å². The Morgan fingerprint density at radius 2 is 1.43 bits per heavy atom. The maximum atomic E-state index is 13.0. The molecule has 0 aromatic carbocycles. The number of carboxylic acid groups (broad SMARTS) is 1. The largest absolute Gasteiger partial charge is 0.480 e. The average molecular weight is 530 g/mol. The third-order valence-corrected chi connectivity index (χ3v) is 5.43. The van der Waals surface area contributed by atoms with Crippen LogP contribution in [0, 0.1) is 5.92 Å². The van der Waals surface area contributed by atoms with Crippen LogP contribution in [-0.4, -0.2) is 77.9 Å². The zero-order valence-corrected chi connectivity index (χ0v) is 21.6. The molecule has 4 unspecified atom stereocenters. The predicted molar refractivity (Wildman–Crippen MR) is 137 cm³/mol. The lowest BCUT2D eigenvalue weighted by molar-refractivity contribution is -0.142. The molecule has 15 heteroatoms. The smallest absolute Gasteiger partial charge is 0.326 e. The normalized spacial score (nSPS) is 14.1. The van der Waals surface area contributed by atoms with Crippen LogP contribution in [0.2, 0.25) is 0 Å². The van der Waals surface area contributed by atoms with Crippen LogP contribution in [0.5, 0.6) is 0 Å². The molecule has 0 aromatic heterocycles. The SMILES string of the molecule is CC(C)C(NC(=O)C(N)CCCN=C(N)N)C(=O)NC(CCC(N)=O)C(=O)NC(CCCCN)C(=O)O. The first-order valence-corrected chi connectivity index (χ1v) is 12.2. The van der Waals surface area contributed by atoms with Gasteiger partial charge in [0.2, 0.25) is 23.6 Å². The first kappa shape index (κ1) is 33.5. The fraction of sp³-hybridized carbons (Fsp3) is 0.727. The van der Waals surface area contributed by atoms with Gasteiger partial charge in [-0.1, -0.05) is 13.8 Å². The second-order valence-electron chi connectivity index (χ2n) is 9.04. The van der Waals surface area contributed by atoms with Gasteiger partial charge in [-0.05, 0) is 51.0 Å². The molecule has 4 amide bonds. The van der Waals surface area contributed by atoms with Crippen LogP contribution >= 0.6 is 0 Å². The van der Waals surface area contributed by atoms with Crippen molar-refractivity contribution in [2.24, 2.45) is 39.6 Å². The standard InChI is InChI=1S/C22H43N9O6/c1-12(2)17(31-18(33)13(24)6-5-11-28-22(26)27)20(35)29-14(8-9-16(25)32)19(34)30-15(21(36)37)7-3-4-10-23/h12-15,17H,3-11,23-24H2,1-2H3,(H2,25,32)(H,29,35)(H,30,34)(H,31,33)(H,36,37)(H4,26,27,28). The van der Waals surface area contributed by atoms with E-state index in [1.165, 1.54) is 0 Å². The van der Waals surface area contributed by atoms with Crippen molar-refractivity contribution in [2.45, 2.75) is 83.0 Å². The van der Waals surface area contributed by atoms with Gasteiger partial charge in [0.1, 0.15) is 18.1 Å². The summed E-state index contributed by atoms with van der Waals surface area (Å²) in [4.78, 5) is 65.1. The van der Waals surface area contributed by atoms with Gasteiger partial charge in [0.25, 0.3) is 0 Å².